The van der Waals surface area contributed by atoms with Crippen LogP contribution in [-0.4, -0.2) is 39.4 Å². The first-order chi connectivity index (χ1) is 14.6. The summed E-state index contributed by atoms with van der Waals surface area (Å²) in [6.07, 6.45) is 4.80. The van der Waals surface area contributed by atoms with Crippen LogP contribution in [0.25, 0.3) is 17.1 Å². The number of imidazole rings is 1. The van der Waals surface area contributed by atoms with E-state index in [1.54, 1.807) is 6.08 Å². The lowest BCUT2D eigenvalue weighted by Gasteiger charge is -2.30. The summed E-state index contributed by atoms with van der Waals surface area (Å²) in [6.45, 7) is 1.60. The average molecular weight is 402 g/mol. The van der Waals surface area contributed by atoms with Crippen molar-refractivity contribution < 1.29 is 9.59 Å². The third kappa shape index (κ3) is 4.43. The molecule has 1 aromatic heterocycles. The fourth-order valence-corrected chi connectivity index (χ4v) is 3.86. The van der Waals surface area contributed by atoms with E-state index in [0.29, 0.717) is 32.5 Å². The molecule has 6 nitrogen and oxygen atoms in total. The molecule has 1 aliphatic heterocycles. The van der Waals surface area contributed by atoms with Gasteiger partial charge in [0.15, 0.2) is 0 Å². The first-order valence-corrected chi connectivity index (χ1v) is 10.3. The maximum absolute atomic E-state index is 12.6. The van der Waals surface area contributed by atoms with Gasteiger partial charge in [0.05, 0.1) is 17.6 Å². The molecule has 0 atom stereocenters. The van der Waals surface area contributed by atoms with Crippen LogP contribution in [0.1, 0.15) is 24.2 Å². The standard InChI is InChI=1S/C24H26N4O2/c1-27-21-10-6-5-9-20(21)26-22(27)17-25-24(30)19-13-15-28(16-14-19)23(29)12-11-18-7-3-2-4-8-18/h2-12,19H,13-17H2,1H3,(H,25,30)/b12-11+. The number of para-hydroxylation sites is 2. The number of hydrogen-bond acceptors (Lipinski definition) is 3. The molecule has 0 unspecified atom stereocenters. The van der Waals surface area contributed by atoms with Crippen molar-refractivity contribution in [3.8, 4) is 0 Å². The van der Waals surface area contributed by atoms with Crippen molar-refractivity contribution in [2.24, 2.45) is 13.0 Å². The molecule has 6 heteroatoms. The van der Waals surface area contributed by atoms with E-state index in [0.717, 1.165) is 22.4 Å². The molecule has 30 heavy (non-hydrogen) atoms. The Hall–Kier alpha value is -3.41. The molecule has 1 saturated heterocycles. The highest BCUT2D eigenvalue weighted by molar-refractivity contribution is 5.92. The Balaban J connectivity index is 1.27. The molecule has 2 aromatic carbocycles. The van der Waals surface area contributed by atoms with Gasteiger partial charge >= 0.3 is 0 Å². The van der Waals surface area contributed by atoms with E-state index < -0.39 is 0 Å². The lowest BCUT2D eigenvalue weighted by molar-refractivity contribution is -0.132. The molecule has 0 spiro atoms. The average Bonchev–Trinajstić information content (AvgIpc) is 3.12. The number of piperidine rings is 1. The minimum Gasteiger partial charge on any atom is -0.349 e. The number of fused-ring (bicyclic) bond motifs is 1. The van der Waals surface area contributed by atoms with Crippen molar-refractivity contribution in [2.45, 2.75) is 19.4 Å². The van der Waals surface area contributed by atoms with Gasteiger partial charge in [-0.05, 0) is 36.6 Å². The predicted octanol–water partition coefficient (Wildman–Crippen LogP) is 3.14. The predicted molar refractivity (Wildman–Crippen MR) is 117 cm³/mol. The quantitative estimate of drug-likeness (QED) is 0.667. The van der Waals surface area contributed by atoms with Gasteiger partial charge < -0.3 is 14.8 Å². The van der Waals surface area contributed by atoms with Crippen molar-refractivity contribution in [2.75, 3.05) is 13.1 Å². The fourth-order valence-electron chi connectivity index (χ4n) is 3.86. The summed E-state index contributed by atoms with van der Waals surface area (Å²) in [5.74, 6) is 0.802. The number of hydrogen-bond donors (Lipinski definition) is 1. The van der Waals surface area contributed by atoms with E-state index >= 15 is 0 Å². The number of rotatable bonds is 5. The van der Waals surface area contributed by atoms with Crippen molar-refractivity contribution in [3.05, 3.63) is 72.1 Å². The monoisotopic (exact) mass is 402 g/mol. The smallest absolute Gasteiger partial charge is 0.246 e. The molecule has 1 fully saturated rings. The van der Waals surface area contributed by atoms with Crippen LogP contribution in [-0.2, 0) is 23.2 Å². The van der Waals surface area contributed by atoms with Gasteiger partial charge in [-0.25, -0.2) is 4.98 Å². The first kappa shape index (κ1) is 19.9. The second-order valence-electron chi connectivity index (χ2n) is 7.64. The minimum absolute atomic E-state index is 0.00240. The van der Waals surface area contributed by atoms with Gasteiger partial charge in [-0.15, -0.1) is 0 Å². The number of carbonyl (C=O) groups is 2. The van der Waals surface area contributed by atoms with Gasteiger partial charge in [-0.3, -0.25) is 9.59 Å². The Bertz CT molecular complexity index is 1060. The number of aromatic nitrogens is 2. The van der Waals surface area contributed by atoms with E-state index in [-0.39, 0.29) is 17.7 Å². The summed E-state index contributed by atoms with van der Waals surface area (Å²) < 4.78 is 2.01. The number of aryl methyl sites for hydroxylation is 1. The Labute approximate surface area is 176 Å². The van der Waals surface area contributed by atoms with Crippen LogP contribution in [0.3, 0.4) is 0 Å². The molecular formula is C24H26N4O2. The van der Waals surface area contributed by atoms with E-state index in [4.69, 9.17) is 0 Å². The number of benzene rings is 2. The highest BCUT2D eigenvalue weighted by atomic mass is 16.2. The molecule has 1 aliphatic rings. The summed E-state index contributed by atoms with van der Waals surface area (Å²) in [7, 11) is 1.96. The number of nitrogens with one attached hydrogen (secondary N) is 1. The zero-order valence-electron chi connectivity index (χ0n) is 17.1. The molecular weight excluding hydrogens is 376 g/mol. The molecule has 0 aliphatic carbocycles. The van der Waals surface area contributed by atoms with Gasteiger partial charge in [-0.1, -0.05) is 42.5 Å². The van der Waals surface area contributed by atoms with Crippen LogP contribution >= 0.6 is 0 Å². The number of likely N-dealkylation sites (tertiary alicyclic amines) is 1. The zero-order valence-corrected chi connectivity index (χ0v) is 17.1. The molecule has 0 saturated carbocycles. The van der Waals surface area contributed by atoms with Crippen LogP contribution in [0.5, 0.6) is 0 Å². The van der Waals surface area contributed by atoms with E-state index in [1.807, 2.05) is 77.2 Å². The van der Waals surface area contributed by atoms with Crippen LogP contribution in [0.15, 0.2) is 60.7 Å². The van der Waals surface area contributed by atoms with Crippen LogP contribution < -0.4 is 5.32 Å². The van der Waals surface area contributed by atoms with Crippen molar-refractivity contribution >= 4 is 28.9 Å². The third-order valence-electron chi connectivity index (χ3n) is 5.70. The SMILES string of the molecule is Cn1c(CNC(=O)C2CCN(C(=O)/C=C/c3ccccc3)CC2)nc2ccccc21. The molecule has 4 rings (SSSR count). The zero-order chi connectivity index (χ0) is 20.9. The van der Waals surface area contributed by atoms with Gasteiger partial charge in [0.1, 0.15) is 5.82 Å². The van der Waals surface area contributed by atoms with Gasteiger partial charge in [0.2, 0.25) is 11.8 Å². The first-order valence-electron chi connectivity index (χ1n) is 10.3. The summed E-state index contributed by atoms with van der Waals surface area (Å²) in [5.41, 5.74) is 2.99. The molecule has 0 radical (unpaired) electrons. The fraction of sp³-hybridized carbons (Fsp3) is 0.292. The maximum Gasteiger partial charge on any atom is 0.246 e. The topological polar surface area (TPSA) is 67.2 Å². The van der Waals surface area contributed by atoms with Gasteiger partial charge in [0.25, 0.3) is 0 Å². The summed E-state index contributed by atoms with van der Waals surface area (Å²) >= 11 is 0. The molecule has 0 bridgehead atoms. The Morgan fingerprint density at radius 1 is 1.07 bits per heavy atom. The molecule has 3 aromatic rings. The number of amides is 2. The van der Waals surface area contributed by atoms with Crippen LogP contribution in [0.4, 0.5) is 0 Å². The van der Waals surface area contributed by atoms with Crippen molar-refractivity contribution in [1.29, 1.82) is 0 Å². The second kappa shape index (κ2) is 8.95. The van der Waals surface area contributed by atoms with Crippen molar-refractivity contribution in [3.63, 3.8) is 0 Å². The van der Waals surface area contributed by atoms with Crippen LogP contribution in [0, 0.1) is 5.92 Å². The van der Waals surface area contributed by atoms with Crippen LogP contribution in [0.2, 0.25) is 0 Å². The summed E-state index contributed by atoms with van der Waals surface area (Å²) in [5, 5.41) is 3.02. The summed E-state index contributed by atoms with van der Waals surface area (Å²) in [6, 6.07) is 17.7. The van der Waals surface area contributed by atoms with Gasteiger partial charge in [0, 0.05) is 32.1 Å². The van der Waals surface area contributed by atoms with E-state index in [9.17, 15) is 9.59 Å². The normalized spacial score (nSPS) is 15.0. The van der Waals surface area contributed by atoms with Crippen molar-refractivity contribution in [1.82, 2.24) is 19.8 Å². The maximum atomic E-state index is 12.6. The molecule has 1 N–H and O–H groups in total. The highest BCUT2D eigenvalue weighted by Crippen LogP contribution is 2.19. The Kier molecular flexibility index (Phi) is 5.93. The number of nitrogens with zero attached hydrogens (tertiary/aromatic N) is 3. The second-order valence-corrected chi connectivity index (χ2v) is 7.64. The minimum atomic E-state index is -0.0677. The highest BCUT2D eigenvalue weighted by Gasteiger charge is 2.26. The van der Waals surface area contributed by atoms with E-state index in [2.05, 4.69) is 10.3 Å². The lowest BCUT2D eigenvalue weighted by Crippen LogP contribution is -2.42. The largest absolute Gasteiger partial charge is 0.349 e. The molecule has 154 valence electrons. The van der Waals surface area contributed by atoms with Gasteiger partial charge in [-0.2, -0.15) is 0 Å². The Morgan fingerprint density at radius 3 is 2.50 bits per heavy atom. The Morgan fingerprint density at radius 2 is 1.77 bits per heavy atom. The third-order valence-corrected chi connectivity index (χ3v) is 5.70. The summed E-state index contributed by atoms with van der Waals surface area (Å²) in [4.78, 5) is 31.4. The van der Waals surface area contributed by atoms with E-state index in [1.165, 1.54) is 0 Å². The lowest BCUT2D eigenvalue weighted by atomic mass is 9.96. The molecule has 2 heterocycles. The molecule has 2 amide bonds. The number of carbonyl (C=O) groups excluding carboxylic acids is 2.